The van der Waals surface area contributed by atoms with Crippen LogP contribution in [0, 0.1) is 11.3 Å². The van der Waals surface area contributed by atoms with Crippen molar-refractivity contribution in [1.29, 1.82) is 0 Å². The molecule has 0 aromatic heterocycles. The third kappa shape index (κ3) is 1.46. The minimum Gasteiger partial charge on any atom is -0.324 e. The van der Waals surface area contributed by atoms with Crippen molar-refractivity contribution in [2.24, 2.45) is 17.1 Å². The Labute approximate surface area is 86.3 Å². The second-order valence-electron chi connectivity index (χ2n) is 5.40. The van der Waals surface area contributed by atoms with Crippen LogP contribution in [0.1, 0.15) is 37.9 Å². The van der Waals surface area contributed by atoms with Gasteiger partial charge in [-0.25, -0.2) is 0 Å². The summed E-state index contributed by atoms with van der Waals surface area (Å²) in [4.78, 5) is 0. The van der Waals surface area contributed by atoms with Crippen molar-refractivity contribution in [3.8, 4) is 0 Å². The Morgan fingerprint density at radius 2 is 1.86 bits per heavy atom. The van der Waals surface area contributed by atoms with Gasteiger partial charge in [0.15, 0.2) is 0 Å². The molecular weight excluding hydrogens is 170 g/mol. The number of hydrogen-bond acceptors (Lipinski definition) is 1. The van der Waals surface area contributed by atoms with Crippen LogP contribution in [0.25, 0.3) is 0 Å². The molecule has 0 heterocycles. The van der Waals surface area contributed by atoms with Gasteiger partial charge in [0.05, 0.1) is 0 Å². The second kappa shape index (κ2) is 3.09. The van der Waals surface area contributed by atoms with Crippen molar-refractivity contribution in [2.45, 2.75) is 33.2 Å². The molecule has 0 radical (unpaired) electrons. The van der Waals surface area contributed by atoms with E-state index in [-0.39, 0.29) is 6.04 Å². The fourth-order valence-corrected chi connectivity index (χ4v) is 2.47. The molecule has 0 spiro atoms. The lowest BCUT2D eigenvalue weighted by Gasteiger charge is -2.30. The third-order valence-electron chi connectivity index (χ3n) is 3.40. The molecule has 0 saturated carbocycles. The Morgan fingerprint density at radius 1 is 1.21 bits per heavy atom. The maximum absolute atomic E-state index is 6.28. The lowest BCUT2D eigenvalue weighted by atomic mass is 9.77. The molecule has 2 atom stereocenters. The molecule has 2 rings (SSSR count). The number of fused-ring (bicyclic) bond motifs is 1. The predicted octanol–water partition coefficient (Wildman–Crippen LogP) is 2.90. The minimum absolute atomic E-state index is 0.228. The molecule has 0 fully saturated rings. The molecule has 0 saturated heterocycles. The van der Waals surface area contributed by atoms with Crippen molar-refractivity contribution < 1.29 is 0 Å². The van der Waals surface area contributed by atoms with Crippen molar-refractivity contribution >= 4 is 0 Å². The topological polar surface area (TPSA) is 26.0 Å². The van der Waals surface area contributed by atoms with Crippen molar-refractivity contribution in [2.75, 3.05) is 0 Å². The van der Waals surface area contributed by atoms with Gasteiger partial charge in [0.2, 0.25) is 0 Å². The van der Waals surface area contributed by atoms with E-state index in [4.69, 9.17) is 5.73 Å². The molecule has 0 aliphatic heterocycles. The maximum Gasteiger partial charge on any atom is 0.0334 e. The first-order valence-corrected chi connectivity index (χ1v) is 5.33. The summed E-state index contributed by atoms with van der Waals surface area (Å²) in [7, 11) is 0. The Balaban J connectivity index is 2.35. The van der Waals surface area contributed by atoms with Gasteiger partial charge in [-0.2, -0.15) is 0 Å². The highest BCUT2D eigenvalue weighted by molar-refractivity contribution is 5.36. The molecule has 0 unspecified atom stereocenters. The Hall–Kier alpha value is -0.820. The van der Waals surface area contributed by atoms with E-state index in [0.29, 0.717) is 11.3 Å². The van der Waals surface area contributed by atoms with Gasteiger partial charge in [0.25, 0.3) is 0 Å². The molecule has 76 valence electrons. The first-order chi connectivity index (χ1) is 6.50. The van der Waals surface area contributed by atoms with Gasteiger partial charge in [-0.3, -0.25) is 0 Å². The van der Waals surface area contributed by atoms with Crippen LogP contribution < -0.4 is 5.73 Å². The summed E-state index contributed by atoms with van der Waals surface area (Å²) < 4.78 is 0. The highest BCUT2D eigenvalue weighted by atomic mass is 14.7. The van der Waals surface area contributed by atoms with Crippen LogP contribution in [0.2, 0.25) is 0 Å². The zero-order chi connectivity index (χ0) is 10.3. The molecule has 1 aromatic carbocycles. The highest BCUT2D eigenvalue weighted by Gasteiger charge is 2.36. The summed E-state index contributed by atoms with van der Waals surface area (Å²) in [6, 6.07) is 8.80. The van der Waals surface area contributed by atoms with Gasteiger partial charge in [-0.05, 0) is 28.9 Å². The third-order valence-corrected chi connectivity index (χ3v) is 3.40. The standard InChI is InChI=1S/C13H19N/c1-13(2,3)11-8-9-6-4-5-7-10(9)12(11)14/h4-7,11-12H,8,14H2,1-3H3/t11-,12+/m0/s1. The number of nitrogens with two attached hydrogens (primary N) is 1. The summed E-state index contributed by atoms with van der Waals surface area (Å²) in [5.74, 6) is 0.583. The monoisotopic (exact) mass is 189 g/mol. The van der Waals surface area contributed by atoms with E-state index < -0.39 is 0 Å². The summed E-state index contributed by atoms with van der Waals surface area (Å²) in [6.07, 6.45) is 1.14. The van der Waals surface area contributed by atoms with Gasteiger partial charge in [-0.15, -0.1) is 0 Å². The van der Waals surface area contributed by atoms with Crippen molar-refractivity contribution in [3.05, 3.63) is 35.4 Å². The normalized spacial score (nSPS) is 26.3. The second-order valence-corrected chi connectivity index (χ2v) is 5.40. The van der Waals surface area contributed by atoms with Gasteiger partial charge in [0, 0.05) is 6.04 Å². The predicted molar refractivity (Wildman–Crippen MR) is 60.0 cm³/mol. The van der Waals surface area contributed by atoms with Crippen LogP contribution in [0.15, 0.2) is 24.3 Å². The largest absolute Gasteiger partial charge is 0.324 e. The van der Waals surface area contributed by atoms with E-state index in [0.717, 1.165) is 6.42 Å². The van der Waals surface area contributed by atoms with Gasteiger partial charge < -0.3 is 5.73 Å². The molecule has 1 nitrogen and oxygen atoms in total. The van der Waals surface area contributed by atoms with E-state index >= 15 is 0 Å². The molecule has 1 aliphatic carbocycles. The highest BCUT2D eigenvalue weighted by Crippen LogP contribution is 2.43. The molecule has 1 aliphatic rings. The Bertz CT molecular complexity index is 335. The van der Waals surface area contributed by atoms with Gasteiger partial charge >= 0.3 is 0 Å². The zero-order valence-corrected chi connectivity index (χ0v) is 9.25. The zero-order valence-electron chi connectivity index (χ0n) is 9.25. The first-order valence-electron chi connectivity index (χ1n) is 5.33. The van der Waals surface area contributed by atoms with Crippen molar-refractivity contribution in [1.82, 2.24) is 0 Å². The fourth-order valence-electron chi connectivity index (χ4n) is 2.47. The Morgan fingerprint density at radius 3 is 2.43 bits per heavy atom. The summed E-state index contributed by atoms with van der Waals surface area (Å²) in [5, 5.41) is 0. The van der Waals surface area contributed by atoms with Crippen molar-refractivity contribution in [3.63, 3.8) is 0 Å². The van der Waals surface area contributed by atoms with E-state index in [1.54, 1.807) is 0 Å². The maximum atomic E-state index is 6.28. The lowest BCUT2D eigenvalue weighted by Crippen LogP contribution is -2.28. The summed E-state index contributed by atoms with van der Waals surface area (Å²) in [5.41, 5.74) is 9.38. The molecule has 0 amide bonds. The van der Waals surface area contributed by atoms with Crippen LogP contribution >= 0.6 is 0 Å². The van der Waals surface area contributed by atoms with E-state index in [9.17, 15) is 0 Å². The average molecular weight is 189 g/mol. The van der Waals surface area contributed by atoms with Gasteiger partial charge in [-0.1, -0.05) is 45.0 Å². The van der Waals surface area contributed by atoms with Gasteiger partial charge in [0.1, 0.15) is 0 Å². The number of hydrogen-bond donors (Lipinski definition) is 1. The number of benzene rings is 1. The quantitative estimate of drug-likeness (QED) is 0.667. The van der Waals surface area contributed by atoms with Crippen LogP contribution in [0.4, 0.5) is 0 Å². The number of rotatable bonds is 0. The van der Waals surface area contributed by atoms with E-state index in [1.807, 2.05) is 0 Å². The van der Waals surface area contributed by atoms with Crippen LogP contribution in [0.3, 0.4) is 0 Å². The molecule has 0 bridgehead atoms. The first kappa shape index (κ1) is 9.72. The van der Waals surface area contributed by atoms with Crippen LogP contribution in [-0.4, -0.2) is 0 Å². The van der Waals surface area contributed by atoms with E-state index in [1.165, 1.54) is 11.1 Å². The van der Waals surface area contributed by atoms with E-state index in [2.05, 4.69) is 45.0 Å². The minimum atomic E-state index is 0.228. The average Bonchev–Trinajstić information content (AvgIpc) is 2.44. The molecule has 1 heteroatoms. The molecular formula is C13H19N. The summed E-state index contributed by atoms with van der Waals surface area (Å²) in [6.45, 7) is 6.84. The SMILES string of the molecule is CC(C)(C)[C@H]1Cc2ccccc2[C@H]1N. The Kier molecular flexibility index (Phi) is 2.15. The molecule has 14 heavy (non-hydrogen) atoms. The van der Waals surface area contributed by atoms with Crippen LogP contribution in [-0.2, 0) is 6.42 Å². The van der Waals surface area contributed by atoms with Crippen LogP contribution in [0.5, 0.6) is 0 Å². The smallest absolute Gasteiger partial charge is 0.0334 e. The summed E-state index contributed by atoms with van der Waals surface area (Å²) >= 11 is 0. The lowest BCUT2D eigenvalue weighted by molar-refractivity contribution is 0.217. The molecule has 2 N–H and O–H groups in total. The molecule has 1 aromatic rings. The fraction of sp³-hybridized carbons (Fsp3) is 0.538.